The summed E-state index contributed by atoms with van der Waals surface area (Å²) in [6.45, 7) is 14.0. The van der Waals surface area contributed by atoms with E-state index in [-0.39, 0.29) is 97.3 Å². The number of fused-ring (bicyclic) bond motifs is 2. The van der Waals surface area contributed by atoms with Crippen molar-refractivity contribution in [2.75, 3.05) is 27.3 Å². The maximum atomic E-state index is 13.6. The first-order valence-electron chi connectivity index (χ1n) is 20.1. The van der Waals surface area contributed by atoms with Gasteiger partial charge in [-0.05, 0) is 83.7 Å². The third-order valence-corrected chi connectivity index (χ3v) is 11.3. The number of benzene rings is 3. The summed E-state index contributed by atoms with van der Waals surface area (Å²) < 4.78 is 4.77. The van der Waals surface area contributed by atoms with E-state index in [1.54, 1.807) is 0 Å². The number of aromatic amines is 2. The molecule has 0 radical (unpaired) electrons. The molecule has 3 N–H and O–H groups in total. The van der Waals surface area contributed by atoms with Crippen LogP contribution in [-0.4, -0.2) is 87.5 Å². The van der Waals surface area contributed by atoms with Gasteiger partial charge in [-0.25, -0.2) is 19.8 Å². The summed E-state index contributed by atoms with van der Waals surface area (Å²) in [5, 5.41) is 4.95. The Hall–Kier alpha value is -4.55. The minimum absolute atomic E-state index is 0. The quantitative estimate of drug-likeness (QED) is 0.0328. The lowest BCUT2D eigenvalue weighted by Crippen LogP contribution is -2.51. The molecular weight excluding hydrogens is 873 g/mol. The number of amides is 2. The molecule has 2 aliphatic rings. The number of ether oxygens (including phenoxy) is 1. The van der Waals surface area contributed by atoms with Gasteiger partial charge in [0, 0.05) is 24.4 Å². The molecule has 0 unspecified atom stereocenters. The van der Waals surface area contributed by atoms with Gasteiger partial charge in [-0.15, -0.1) is 0 Å². The van der Waals surface area contributed by atoms with Crippen LogP contribution in [-0.2, 0) is 19.3 Å². The maximum Gasteiger partial charge on any atom is 0.407 e. The first-order valence-corrected chi connectivity index (χ1v) is 20.1. The number of rotatable bonds is 14. The molecule has 17 heteroatoms. The highest BCUT2D eigenvalue weighted by molar-refractivity contribution is 7.59. The SMILES string of the molecule is C.C=C([C@@H](N=COOC)C(C)C)N1CCC[C@H]1c1nc2ccc(/C=C/c3ccc4cc(-c5cnc([C@@H]6CCCN6C(=O)[C@@H](NC(=O)OC)C(C)C)[nH]5)ccc4c3)cc2[nH]1.S.S.S.S. The Kier molecular flexibility index (Phi) is 21.2. The number of likely N-dealkylation sites (tertiary alicyclic amines) is 2. The largest absolute Gasteiger partial charge is 0.453 e. The van der Waals surface area contributed by atoms with Crippen LogP contribution in [0.15, 0.2) is 78.1 Å². The third kappa shape index (κ3) is 12.4. The topological polar surface area (TPSA) is 150 Å². The lowest BCUT2D eigenvalue weighted by molar-refractivity contribution is -0.188. The van der Waals surface area contributed by atoms with Crippen LogP contribution < -0.4 is 5.32 Å². The van der Waals surface area contributed by atoms with E-state index in [0.29, 0.717) is 6.54 Å². The fourth-order valence-electron chi connectivity index (χ4n) is 8.22. The molecule has 344 valence electrons. The van der Waals surface area contributed by atoms with E-state index in [9.17, 15) is 9.59 Å². The highest BCUT2D eigenvalue weighted by Crippen LogP contribution is 2.37. The molecule has 2 amide bonds. The molecule has 4 atom stereocenters. The first kappa shape index (κ1) is 54.6. The zero-order valence-electron chi connectivity index (χ0n) is 36.2. The second kappa shape index (κ2) is 24.5. The summed E-state index contributed by atoms with van der Waals surface area (Å²) in [5.41, 5.74) is 6.96. The van der Waals surface area contributed by atoms with E-state index in [0.717, 1.165) is 93.8 Å². The van der Waals surface area contributed by atoms with Crippen LogP contribution in [0.4, 0.5) is 4.79 Å². The first-order chi connectivity index (χ1) is 28.0. The van der Waals surface area contributed by atoms with E-state index in [1.165, 1.54) is 20.6 Å². The predicted molar refractivity (Wildman–Crippen MR) is 276 cm³/mol. The van der Waals surface area contributed by atoms with Crippen LogP contribution in [0.2, 0.25) is 0 Å². The van der Waals surface area contributed by atoms with Gasteiger partial charge < -0.3 is 34.7 Å². The van der Waals surface area contributed by atoms with Crippen LogP contribution in [0.3, 0.4) is 0 Å². The van der Waals surface area contributed by atoms with Gasteiger partial charge in [0.05, 0.1) is 55.3 Å². The Labute approximate surface area is 399 Å². The molecule has 0 aliphatic carbocycles. The lowest BCUT2D eigenvalue weighted by Gasteiger charge is -2.32. The number of hydrogen-bond acceptors (Lipinski definition) is 9. The molecule has 5 aromatic rings. The van der Waals surface area contributed by atoms with Crippen LogP contribution >= 0.6 is 54.0 Å². The number of aliphatic imine (C=N–C) groups is 1. The second-order valence-corrected chi connectivity index (χ2v) is 15.8. The summed E-state index contributed by atoms with van der Waals surface area (Å²) in [5.74, 6) is 1.70. The number of carbonyl (C=O) groups is 2. The normalized spacial score (nSPS) is 16.9. The summed E-state index contributed by atoms with van der Waals surface area (Å²) in [7, 11) is 2.76. The summed E-state index contributed by atoms with van der Waals surface area (Å²) >= 11 is 0. The maximum absolute atomic E-state index is 13.6. The molecule has 0 spiro atoms. The van der Waals surface area contributed by atoms with Gasteiger partial charge >= 0.3 is 6.09 Å². The van der Waals surface area contributed by atoms with Crippen LogP contribution in [0.1, 0.15) is 95.7 Å². The fourth-order valence-corrected chi connectivity index (χ4v) is 8.22. The molecule has 0 bridgehead atoms. The number of H-pyrrole nitrogens is 2. The fraction of sp³-hybridized carbons (Fsp3) is 0.413. The Morgan fingerprint density at radius 2 is 1.48 bits per heavy atom. The molecule has 2 saturated heterocycles. The monoisotopic (exact) mass is 938 g/mol. The van der Waals surface area contributed by atoms with Crippen molar-refractivity contribution in [2.45, 2.75) is 85.0 Å². The third-order valence-electron chi connectivity index (χ3n) is 11.3. The van der Waals surface area contributed by atoms with E-state index in [1.807, 2.05) is 24.9 Å². The average molecular weight is 939 g/mol. The van der Waals surface area contributed by atoms with Crippen molar-refractivity contribution in [2.24, 2.45) is 16.8 Å². The van der Waals surface area contributed by atoms with Crippen LogP contribution in [0.5, 0.6) is 0 Å². The molecule has 7 rings (SSSR count). The van der Waals surface area contributed by atoms with Gasteiger partial charge in [-0.1, -0.05) is 84.2 Å². The lowest BCUT2D eigenvalue weighted by atomic mass is 10.0. The molecule has 3 aromatic carbocycles. The van der Waals surface area contributed by atoms with Crippen molar-refractivity contribution < 1.29 is 24.1 Å². The van der Waals surface area contributed by atoms with Crippen LogP contribution in [0.25, 0.3) is 45.2 Å². The van der Waals surface area contributed by atoms with Gasteiger partial charge in [0.25, 0.3) is 0 Å². The second-order valence-electron chi connectivity index (χ2n) is 15.8. The van der Waals surface area contributed by atoms with Gasteiger partial charge in [-0.3, -0.25) is 4.79 Å². The number of nitrogens with one attached hydrogen (secondary N) is 3. The van der Waals surface area contributed by atoms with Crippen molar-refractivity contribution in [3.63, 3.8) is 0 Å². The number of methoxy groups -OCH3 is 1. The zero-order chi connectivity index (χ0) is 40.9. The highest BCUT2D eigenvalue weighted by Gasteiger charge is 2.38. The number of imidazole rings is 2. The molecule has 4 heterocycles. The van der Waals surface area contributed by atoms with Crippen LogP contribution in [0, 0.1) is 11.8 Å². The minimum atomic E-state index is -0.677. The van der Waals surface area contributed by atoms with Crippen molar-refractivity contribution in [1.29, 1.82) is 0 Å². The highest BCUT2D eigenvalue weighted by atomic mass is 32.1. The van der Waals surface area contributed by atoms with E-state index >= 15 is 0 Å². The minimum Gasteiger partial charge on any atom is -0.453 e. The van der Waals surface area contributed by atoms with Gasteiger partial charge in [0.15, 0.2) is 0 Å². The molecule has 0 saturated carbocycles. The van der Waals surface area contributed by atoms with E-state index < -0.39 is 12.1 Å². The Bertz CT molecular complexity index is 2350. The number of carbonyl (C=O) groups excluding carboxylic acids is 2. The number of hydrogen-bond donors (Lipinski definition) is 3. The molecule has 63 heavy (non-hydrogen) atoms. The standard InChI is InChI=1S/C45H54N8O5.CH4.4H2S/c1-27(2)40(47-26-58-57-7)29(5)52-20-8-11-39(52)43-48-35-19-15-31(23-36(35)49-43)13-12-30-14-16-33-24-34(18-17-32(33)22-30)37-25-46-42(50-37)38-10-9-21-53(38)44(54)41(28(3)4)51-45(55)56-6;;;;;/h12-19,22-28,38-41H,5,8-11,20-21H2,1-4,6-7H3,(H,46,50)(H,48,49)(H,51,55);1H4;4*1H2/b13-12+,47-26?;;;;;/t38-,39-,40-,41-;;;;;/m0...../s1. The summed E-state index contributed by atoms with van der Waals surface area (Å²) in [6.07, 6.45) is 10.5. The average Bonchev–Trinajstić information content (AvgIpc) is 4.06. The smallest absolute Gasteiger partial charge is 0.407 e. The zero-order valence-corrected chi connectivity index (χ0v) is 40.2. The van der Waals surface area contributed by atoms with Crippen molar-refractivity contribution in [1.82, 2.24) is 35.1 Å². The summed E-state index contributed by atoms with van der Waals surface area (Å²) in [6, 6.07) is 18.2. The van der Waals surface area contributed by atoms with E-state index in [2.05, 4.69) is 112 Å². The Morgan fingerprint density at radius 1 is 0.841 bits per heavy atom. The molecular formula is C46H66N8O5S4. The van der Waals surface area contributed by atoms with Gasteiger partial charge in [0.1, 0.15) is 17.7 Å². The predicted octanol–water partition coefficient (Wildman–Crippen LogP) is 9.69. The van der Waals surface area contributed by atoms with Crippen molar-refractivity contribution >= 4 is 106 Å². The molecule has 2 fully saturated rings. The Morgan fingerprint density at radius 3 is 2.14 bits per heavy atom. The van der Waals surface area contributed by atoms with E-state index in [4.69, 9.17) is 24.5 Å². The molecule has 2 aliphatic heterocycles. The summed E-state index contributed by atoms with van der Waals surface area (Å²) in [4.78, 5) is 60.7. The van der Waals surface area contributed by atoms with Gasteiger partial charge in [-0.2, -0.15) is 58.9 Å². The number of alkyl carbamates (subject to hydrolysis) is 1. The van der Waals surface area contributed by atoms with Crippen molar-refractivity contribution in [3.05, 3.63) is 95.8 Å². The number of aromatic nitrogens is 4. The van der Waals surface area contributed by atoms with Gasteiger partial charge in [0.2, 0.25) is 12.3 Å². The Balaban J connectivity index is 0.00000273. The molecule has 13 nitrogen and oxygen atoms in total. The van der Waals surface area contributed by atoms with Crippen molar-refractivity contribution in [3.8, 4) is 11.3 Å². The molecule has 2 aromatic heterocycles. The number of nitrogens with zero attached hydrogens (tertiary/aromatic N) is 5.